The largest absolute Gasteiger partial charge is 0.249 e. The van der Waals surface area contributed by atoms with E-state index in [1.807, 2.05) is 0 Å². The summed E-state index contributed by atoms with van der Waals surface area (Å²) in [4.78, 5) is 0. The summed E-state index contributed by atoms with van der Waals surface area (Å²) >= 11 is 9.48. The smallest absolute Gasteiger partial charge is 0.149 e. The summed E-state index contributed by atoms with van der Waals surface area (Å²) in [7, 11) is -3.60. The fourth-order valence-corrected chi connectivity index (χ4v) is 16.1. The van der Waals surface area contributed by atoms with Gasteiger partial charge in [0, 0.05) is 0 Å². The molecule has 2 heteroatoms. The summed E-state index contributed by atoms with van der Waals surface area (Å²) in [6.45, 7) is 0. The predicted octanol–water partition coefficient (Wildman–Crippen LogP) is 12.4. The lowest BCUT2D eigenvalue weighted by molar-refractivity contribution is 1.14. The first-order valence-electron chi connectivity index (χ1n) is 21.9. The zero-order chi connectivity index (χ0) is 42.0. The van der Waals surface area contributed by atoms with Crippen LogP contribution in [0.3, 0.4) is 0 Å². The third kappa shape index (κ3) is 9.36. The second kappa shape index (κ2) is 19.5. The molecule has 9 rings (SSSR count). The van der Waals surface area contributed by atoms with Gasteiger partial charge in [-0.3, -0.25) is 0 Å². The number of halogens is 1. The van der Waals surface area contributed by atoms with Gasteiger partial charge >= 0.3 is 0 Å². The second-order valence-corrected chi connectivity index (χ2v) is 21.0. The summed E-state index contributed by atoms with van der Waals surface area (Å²) in [6, 6.07) is 86.8. The molecule has 0 fully saturated rings. The minimum atomic E-state index is -3.60. The summed E-state index contributed by atoms with van der Waals surface area (Å²) < 4.78 is 0. The molecule has 0 heterocycles. The Kier molecular flexibility index (Phi) is 12.8. The number of benzene rings is 9. The van der Waals surface area contributed by atoms with E-state index in [1.54, 1.807) is 0 Å². The molecule has 0 aliphatic carbocycles. The fourth-order valence-electron chi connectivity index (χ4n) is 9.44. The van der Waals surface area contributed by atoms with Crippen LogP contribution in [-0.2, 0) is 38.5 Å². The van der Waals surface area contributed by atoms with Crippen LogP contribution in [0, 0.1) is 0 Å². The van der Waals surface area contributed by atoms with Crippen LogP contribution in [-0.4, -0.2) is 7.38 Å². The van der Waals surface area contributed by atoms with Gasteiger partial charge in [-0.15, -0.1) is 11.1 Å². The molecule has 0 aliphatic heterocycles. The van der Waals surface area contributed by atoms with Crippen LogP contribution in [0.2, 0.25) is 0 Å². The third-order valence-corrected chi connectivity index (χ3v) is 17.9. The zero-order valence-electron chi connectivity index (χ0n) is 35.1. The van der Waals surface area contributed by atoms with Gasteiger partial charge in [0.15, 0.2) is 0 Å². The Morgan fingerprint density at radius 2 is 0.371 bits per heavy atom. The Hall–Kier alpha value is -6.51. The van der Waals surface area contributed by atoms with Crippen LogP contribution < -0.4 is 15.6 Å². The van der Waals surface area contributed by atoms with Crippen molar-refractivity contribution in [2.45, 2.75) is 38.5 Å². The van der Waals surface area contributed by atoms with Gasteiger partial charge in [0.1, 0.15) is 0 Å². The first-order chi connectivity index (χ1) is 30.6. The Balaban J connectivity index is 1.42. The molecular weight excluding hydrogens is 784 g/mol. The van der Waals surface area contributed by atoms with Crippen LogP contribution in [0.5, 0.6) is 0 Å². The monoisotopic (exact) mass is 834 g/mol. The average Bonchev–Trinajstić information content (AvgIpc) is 3.31. The maximum atomic E-state index is 9.48. The van der Waals surface area contributed by atoms with E-state index in [1.165, 1.54) is 82.3 Å². The van der Waals surface area contributed by atoms with Crippen LogP contribution >= 0.6 is 11.1 Å². The van der Waals surface area contributed by atoms with E-state index in [-0.39, 0.29) is 0 Å². The summed E-state index contributed by atoms with van der Waals surface area (Å²) in [6.07, 6.45) is 4.69. The van der Waals surface area contributed by atoms with Gasteiger partial charge in [-0.2, -0.15) is 0 Å². The molecule has 0 saturated carbocycles. The maximum absolute atomic E-state index is 9.48. The van der Waals surface area contributed by atoms with Crippen molar-refractivity contribution in [3.63, 3.8) is 0 Å². The zero-order valence-corrected chi connectivity index (χ0v) is 36.9. The van der Waals surface area contributed by atoms with Crippen molar-refractivity contribution in [3.8, 4) is 0 Å². The van der Waals surface area contributed by atoms with Crippen molar-refractivity contribution < 1.29 is 0 Å². The van der Waals surface area contributed by atoms with Gasteiger partial charge in [-0.1, -0.05) is 237 Å². The molecular formula is C60H51ClSi. The van der Waals surface area contributed by atoms with E-state index in [0.717, 1.165) is 38.5 Å². The standard InChI is InChI=1S/C60H51ClSi/c61-62(58-52(40-46-22-7-1-8-23-46)34-19-35-53(58)41-47-24-9-2-10-25-47,59-54(42-48-26-11-3-12-27-48)36-20-37-55(59)43-49-28-13-4-14-29-49)60-56(44-50-30-15-5-16-31-50)38-21-39-57(60)45-51-32-17-6-18-33-51/h1-39H,40-45H2. The Morgan fingerprint density at radius 3 is 0.532 bits per heavy atom. The molecule has 62 heavy (non-hydrogen) atoms. The quantitative estimate of drug-likeness (QED) is 0.0548. The molecule has 0 spiro atoms. The summed E-state index contributed by atoms with van der Waals surface area (Å²) in [5.74, 6) is 0. The highest BCUT2D eigenvalue weighted by atomic mass is 35.6. The van der Waals surface area contributed by atoms with E-state index >= 15 is 0 Å². The molecule has 0 amide bonds. The molecule has 0 aliphatic rings. The van der Waals surface area contributed by atoms with Crippen LogP contribution in [0.1, 0.15) is 66.8 Å². The van der Waals surface area contributed by atoms with Crippen LogP contribution in [0.15, 0.2) is 237 Å². The number of hydrogen-bond donors (Lipinski definition) is 0. The number of rotatable bonds is 15. The summed E-state index contributed by atoms with van der Waals surface area (Å²) in [5.41, 5.74) is 15.5. The van der Waals surface area contributed by atoms with Gasteiger partial charge in [0.2, 0.25) is 7.38 Å². The fraction of sp³-hybridized carbons (Fsp3) is 0.100. The minimum absolute atomic E-state index is 0.782. The van der Waals surface area contributed by atoms with E-state index < -0.39 is 7.38 Å². The highest BCUT2D eigenvalue weighted by Crippen LogP contribution is 2.29. The normalized spacial score (nSPS) is 11.4. The Labute approximate surface area is 373 Å². The molecule has 302 valence electrons. The molecule has 0 aromatic heterocycles. The van der Waals surface area contributed by atoms with Gasteiger partial charge in [-0.25, -0.2) is 0 Å². The van der Waals surface area contributed by atoms with Crippen molar-refractivity contribution in [2.24, 2.45) is 0 Å². The van der Waals surface area contributed by atoms with Crippen molar-refractivity contribution in [2.75, 3.05) is 0 Å². The lowest BCUT2D eigenvalue weighted by Gasteiger charge is -2.37. The Morgan fingerprint density at radius 1 is 0.210 bits per heavy atom. The third-order valence-electron chi connectivity index (χ3n) is 12.2. The van der Waals surface area contributed by atoms with E-state index in [2.05, 4.69) is 237 Å². The maximum Gasteiger partial charge on any atom is 0.249 e. The van der Waals surface area contributed by atoms with Crippen LogP contribution in [0.4, 0.5) is 0 Å². The number of hydrogen-bond acceptors (Lipinski definition) is 0. The van der Waals surface area contributed by atoms with Crippen molar-refractivity contribution in [1.29, 1.82) is 0 Å². The molecule has 9 aromatic carbocycles. The van der Waals surface area contributed by atoms with Crippen molar-refractivity contribution in [3.05, 3.63) is 303 Å². The molecule has 0 atom stereocenters. The minimum Gasteiger partial charge on any atom is -0.149 e. The SMILES string of the molecule is Cl[Si](c1c(Cc2ccccc2)cccc1Cc1ccccc1)(c1c(Cc2ccccc2)cccc1Cc1ccccc1)c1c(Cc2ccccc2)cccc1Cc1ccccc1. The molecule has 0 N–H and O–H groups in total. The van der Waals surface area contributed by atoms with E-state index in [0.29, 0.717) is 0 Å². The van der Waals surface area contributed by atoms with Gasteiger partial charge < -0.3 is 0 Å². The summed E-state index contributed by atoms with van der Waals surface area (Å²) in [5, 5.41) is 3.96. The van der Waals surface area contributed by atoms with E-state index in [9.17, 15) is 11.1 Å². The topological polar surface area (TPSA) is 0 Å². The molecule has 0 radical (unpaired) electrons. The van der Waals surface area contributed by atoms with Gasteiger partial charge in [-0.05, 0) is 121 Å². The van der Waals surface area contributed by atoms with Crippen LogP contribution in [0.25, 0.3) is 0 Å². The second-order valence-electron chi connectivity index (χ2n) is 16.5. The molecule has 0 saturated heterocycles. The lowest BCUT2D eigenvalue weighted by Crippen LogP contribution is -2.68. The highest BCUT2D eigenvalue weighted by molar-refractivity contribution is 7.41. The first kappa shape index (κ1) is 40.9. The molecule has 9 aromatic rings. The average molecular weight is 836 g/mol. The van der Waals surface area contributed by atoms with E-state index in [4.69, 9.17) is 0 Å². The first-order valence-corrected chi connectivity index (χ1v) is 24.9. The van der Waals surface area contributed by atoms with Crippen molar-refractivity contribution in [1.82, 2.24) is 0 Å². The van der Waals surface area contributed by atoms with Crippen molar-refractivity contribution >= 4 is 34.0 Å². The Bertz CT molecular complexity index is 2330. The van der Waals surface area contributed by atoms with Gasteiger partial charge in [0.05, 0.1) is 0 Å². The van der Waals surface area contributed by atoms with Gasteiger partial charge in [0.25, 0.3) is 0 Å². The molecule has 0 bridgehead atoms. The molecule has 0 nitrogen and oxygen atoms in total. The lowest BCUT2D eigenvalue weighted by atomic mass is 9.98. The highest BCUT2D eigenvalue weighted by Gasteiger charge is 2.46. The predicted molar refractivity (Wildman–Crippen MR) is 265 cm³/mol. The molecule has 0 unspecified atom stereocenters.